The number of nitrogens with zero attached hydrogens (tertiary/aromatic N) is 2. The van der Waals surface area contributed by atoms with Crippen LogP contribution in [0.1, 0.15) is 56.9 Å². The zero-order chi connectivity index (χ0) is 48.6. The first-order valence-electron chi connectivity index (χ1n) is 21.0. The van der Waals surface area contributed by atoms with E-state index in [2.05, 4.69) is 0 Å². The molecule has 2 aromatic carbocycles. The van der Waals surface area contributed by atoms with Gasteiger partial charge < -0.3 is 56.7 Å². The van der Waals surface area contributed by atoms with Crippen molar-refractivity contribution >= 4 is 52.4 Å². The van der Waals surface area contributed by atoms with Crippen molar-refractivity contribution in [1.29, 1.82) is 0 Å². The number of phenols is 2. The second kappa shape index (κ2) is 18.7. The second-order valence-electron chi connectivity index (χ2n) is 17.6. The normalized spacial score (nSPS) is 28.1. The molecule has 0 saturated heterocycles. The van der Waals surface area contributed by atoms with Crippen LogP contribution in [0, 0.1) is 23.7 Å². The molecule has 20 heteroatoms. The number of phenolic OH excluding ortho intramolecular Hbond substituents is 2. The maximum atomic E-state index is 13.8. The number of carbonyl (C=O) groups excluding carboxylic acids is 7. The van der Waals surface area contributed by atoms with Crippen LogP contribution < -0.4 is 11.5 Å². The number of amides is 2. The highest BCUT2D eigenvalue weighted by Gasteiger charge is 2.66. The highest BCUT2D eigenvalue weighted by atomic mass is 16.6. The van der Waals surface area contributed by atoms with E-state index in [1.54, 1.807) is 64.3 Å². The van der Waals surface area contributed by atoms with E-state index < -0.39 is 123 Å². The number of aliphatic hydroxyl groups excluding tert-OH is 3. The summed E-state index contributed by atoms with van der Waals surface area (Å²) < 4.78 is 10.5. The SMILES string of the molecule is C.C.CCOC(=O)COC1=C(C(N)=O)C(=O)[C@@]2(O)C(=O)C3=C(O)c4c(O)cccc4C[C@H]3C[C@H]2[C@@H]1N(C)C.CN(C)[C@@H]1C(=O)C(C(N)=O)=C(O)[C@@]2(O)C(=O)C3=C(O)c4c(O)cccc4C[C@H]3C[C@@H]12. The Balaban J connectivity index is 0.000000250. The van der Waals surface area contributed by atoms with Crippen molar-refractivity contribution in [3.05, 3.63) is 92.5 Å². The molecule has 0 unspecified atom stereocenters. The van der Waals surface area contributed by atoms with Crippen LogP contribution >= 0.6 is 0 Å². The van der Waals surface area contributed by atoms with E-state index in [4.69, 9.17) is 20.9 Å². The first-order chi connectivity index (χ1) is 31.0. The van der Waals surface area contributed by atoms with Crippen LogP contribution in [0.4, 0.5) is 0 Å². The minimum Gasteiger partial charge on any atom is -0.508 e. The van der Waals surface area contributed by atoms with Crippen molar-refractivity contribution in [2.45, 2.75) is 70.7 Å². The van der Waals surface area contributed by atoms with Crippen LogP contribution in [0.5, 0.6) is 11.5 Å². The first kappa shape index (κ1) is 52.1. The Kier molecular flexibility index (Phi) is 14.3. The van der Waals surface area contributed by atoms with Gasteiger partial charge in [-0.25, -0.2) is 4.79 Å². The quantitative estimate of drug-likeness (QED) is 0.102. The number of hydrogen-bond donors (Lipinski definition) is 9. The lowest BCUT2D eigenvalue weighted by molar-refractivity contribution is -0.164. The average molecular weight is 947 g/mol. The first-order valence-corrected chi connectivity index (χ1v) is 21.0. The zero-order valence-corrected chi connectivity index (χ0v) is 36.5. The number of carbonyl (C=O) groups is 7. The van der Waals surface area contributed by atoms with E-state index >= 15 is 0 Å². The van der Waals surface area contributed by atoms with Crippen molar-refractivity contribution in [1.82, 2.24) is 9.80 Å². The predicted molar refractivity (Wildman–Crippen MR) is 242 cm³/mol. The van der Waals surface area contributed by atoms with Gasteiger partial charge in [0.2, 0.25) is 17.3 Å². The highest BCUT2D eigenvalue weighted by molar-refractivity contribution is 6.33. The smallest absolute Gasteiger partial charge is 0.344 e. The van der Waals surface area contributed by atoms with Gasteiger partial charge >= 0.3 is 5.97 Å². The van der Waals surface area contributed by atoms with E-state index in [-0.39, 0.29) is 80.3 Å². The van der Waals surface area contributed by atoms with Gasteiger partial charge in [-0.1, -0.05) is 39.1 Å². The zero-order valence-electron chi connectivity index (χ0n) is 36.5. The van der Waals surface area contributed by atoms with Gasteiger partial charge in [-0.2, -0.15) is 0 Å². The van der Waals surface area contributed by atoms with Crippen molar-refractivity contribution in [3.8, 4) is 11.5 Å². The number of hydrogen-bond acceptors (Lipinski definition) is 18. The Bertz CT molecular complexity index is 2660. The molecule has 6 aliphatic rings. The Morgan fingerprint density at radius 2 is 1.12 bits per heavy atom. The Morgan fingerprint density at radius 3 is 1.54 bits per heavy atom. The molecule has 0 radical (unpaired) electrons. The summed E-state index contributed by atoms with van der Waals surface area (Å²) in [4.78, 5) is 93.0. The van der Waals surface area contributed by atoms with E-state index in [9.17, 15) is 69.3 Å². The maximum Gasteiger partial charge on any atom is 0.344 e. The molecule has 8 rings (SSSR count). The topological polar surface area (TPSA) is 338 Å². The molecule has 0 aromatic heterocycles. The van der Waals surface area contributed by atoms with Crippen LogP contribution in [0.15, 0.2) is 70.2 Å². The summed E-state index contributed by atoms with van der Waals surface area (Å²) in [6.45, 7) is 1.09. The fraction of sp³-hybridized carbons (Fsp3) is 0.438. The molecule has 2 aromatic rings. The molecule has 0 spiro atoms. The fourth-order valence-corrected chi connectivity index (χ4v) is 10.8. The lowest BCUT2D eigenvalue weighted by atomic mass is 9.57. The molecule has 2 amide bonds. The van der Waals surface area contributed by atoms with E-state index in [0.717, 1.165) is 0 Å². The third-order valence-corrected chi connectivity index (χ3v) is 13.5. The molecule has 366 valence electrons. The largest absolute Gasteiger partial charge is 0.508 e. The molecule has 20 nitrogen and oxygen atoms in total. The Morgan fingerprint density at radius 1 is 0.676 bits per heavy atom. The van der Waals surface area contributed by atoms with Gasteiger partial charge in [0.1, 0.15) is 45.7 Å². The van der Waals surface area contributed by atoms with Gasteiger partial charge in [0.15, 0.2) is 23.6 Å². The number of benzene rings is 2. The molecule has 0 aliphatic heterocycles. The predicted octanol–water partition coefficient (Wildman–Crippen LogP) is 1.22. The third kappa shape index (κ3) is 7.70. The number of Topliss-reactive ketones (excluding diaryl/α,β-unsaturated/α-hetero) is 4. The summed E-state index contributed by atoms with van der Waals surface area (Å²) in [5.41, 5.74) is 4.93. The van der Waals surface area contributed by atoms with Crippen molar-refractivity contribution < 1.29 is 78.8 Å². The van der Waals surface area contributed by atoms with E-state index in [0.29, 0.717) is 17.5 Å². The Labute approximate surface area is 391 Å². The fourth-order valence-electron chi connectivity index (χ4n) is 10.8. The monoisotopic (exact) mass is 946 g/mol. The number of aromatic hydroxyl groups is 2. The molecule has 68 heavy (non-hydrogen) atoms. The molecular formula is C48H58N4O16. The van der Waals surface area contributed by atoms with Crippen LogP contribution in [0.3, 0.4) is 0 Å². The number of ether oxygens (including phenoxy) is 2. The van der Waals surface area contributed by atoms with Crippen LogP contribution in [-0.2, 0) is 55.9 Å². The van der Waals surface area contributed by atoms with Gasteiger partial charge in [-0.05, 0) is 95.9 Å². The second-order valence-corrected chi connectivity index (χ2v) is 17.6. The van der Waals surface area contributed by atoms with Gasteiger partial charge in [-0.3, -0.25) is 38.6 Å². The lowest BCUT2D eigenvalue weighted by Gasteiger charge is -2.50. The van der Waals surface area contributed by atoms with Gasteiger partial charge in [0, 0.05) is 23.0 Å². The maximum absolute atomic E-state index is 13.8. The summed E-state index contributed by atoms with van der Waals surface area (Å²) in [6, 6.07) is 7.32. The number of esters is 1. The van der Waals surface area contributed by atoms with Gasteiger partial charge in [0.05, 0.1) is 29.8 Å². The minimum absolute atomic E-state index is 0. The molecule has 2 fully saturated rings. The lowest BCUT2D eigenvalue weighted by Crippen LogP contribution is -2.67. The molecular weight excluding hydrogens is 889 g/mol. The average Bonchev–Trinajstić information content (AvgIpc) is 3.22. The standard InChI is InChI=1S/C25H28N2O9.C21H22N2O7.2CH4/c1-4-35-15(29)10-36-21-18(24(26)33)23(32)25(34)13(19(21)27(2)3)9-12-8-11-6-5-7-14(28)16(11)20(30)17(12)22(25)31;1-23(2)15-10-7-9-6-8-4-3-5-11(24)12(8)16(25)13(9)18(27)21(10,30)19(28)14(17(15)26)20(22)29;;/h5-7,12-13,19,28,30,34H,4,8-10H2,1-3H3,(H2,26,33);3-5,9-10,15,24-25,28,30H,6-7H2,1-2H3,(H2,22,29);2*1H4/t12-,13-,19-,25-;9-,10-,15-,21-;;/m00../s1. The highest BCUT2D eigenvalue weighted by Crippen LogP contribution is 2.54. The van der Waals surface area contributed by atoms with Gasteiger partial charge in [-0.15, -0.1) is 0 Å². The van der Waals surface area contributed by atoms with E-state index in [1.165, 1.54) is 17.0 Å². The molecule has 6 aliphatic carbocycles. The molecule has 2 saturated carbocycles. The van der Waals surface area contributed by atoms with Crippen LogP contribution in [-0.4, -0.2) is 151 Å². The van der Waals surface area contributed by atoms with Crippen LogP contribution in [0.25, 0.3) is 11.5 Å². The summed E-state index contributed by atoms with van der Waals surface area (Å²) >= 11 is 0. The Hall–Kier alpha value is -6.87. The van der Waals surface area contributed by atoms with Gasteiger partial charge in [0.25, 0.3) is 11.8 Å². The summed E-state index contributed by atoms with van der Waals surface area (Å²) in [5.74, 6) is -13.4. The van der Waals surface area contributed by atoms with Crippen molar-refractivity contribution in [3.63, 3.8) is 0 Å². The van der Waals surface area contributed by atoms with E-state index in [1.807, 2.05) is 0 Å². The number of likely N-dealkylation sites (N-methyl/N-ethyl adjacent to an activating group) is 2. The number of ketones is 4. The van der Waals surface area contributed by atoms with Crippen molar-refractivity contribution in [2.24, 2.45) is 35.1 Å². The number of nitrogens with two attached hydrogens (primary N) is 2. The molecule has 8 atom stereocenters. The minimum atomic E-state index is -2.72. The summed E-state index contributed by atoms with van der Waals surface area (Å²) in [7, 11) is 6.33. The number of aliphatic hydroxyl groups is 5. The number of fused-ring (bicyclic) bond motifs is 6. The molecule has 0 bridgehead atoms. The molecule has 11 N–H and O–H groups in total. The number of rotatable bonds is 8. The molecule has 0 heterocycles. The summed E-state index contributed by atoms with van der Waals surface area (Å²) in [6.07, 6.45) is 0.704. The third-order valence-electron chi connectivity index (χ3n) is 13.5. The van der Waals surface area contributed by atoms with Crippen molar-refractivity contribution in [2.75, 3.05) is 41.4 Å². The van der Waals surface area contributed by atoms with Crippen LogP contribution in [0.2, 0.25) is 0 Å². The summed E-state index contributed by atoms with van der Waals surface area (Å²) in [5, 5.41) is 76.1. The number of primary amides is 2.